The largest absolute Gasteiger partial charge is 0.492 e. The van der Waals surface area contributed by atoms with E-state index in [1.54, 1.807) is 0 Å². The Bertz CT molecular complexity index is 351. The molecule has 1 fully saturated rings. The van der Waals surface area contributed by atoms with Gasteiger partial charge >= 0.3 is 0 Å². The topological polar surface area (TPSA) is 37.4 Å². The predicted octanol–water partition coefficient (Wildman–Crippen LogP) is 1.67. The van der Waals surface area contributed by atoms with Crippen molar-refractivity contribution in [3.8, 4) is 5.75 Å². The molecule has 0 radical (unpaired) electrons. The Kier molecular flexibility index (Phi) is 5.42. The third-order valence-electron chi connectivity index (χ3n) is 3.27. The van der Waals surface area contributed by atoms with Crippen LogP contribution in [0.3, 0.4) is 0 Å². The Morgan fingerprint density at radius 3 is 2.94 bits per heavy atom. The summed E-state index contributed by atoms with van der Waals surface area (Å²) in [6.45, 7) is 5.03. The molecule has 0 aromatic carbocycles. The molecule has 0 bridgehead atoms. The van der Waals surface area contributed by atoms with E-state index in [4.69, 9.17) is 4.74 Å². The average molecular weight is 249 g/mol. The van der Waals surface area contributed by atoms with Gasteiger partial charge in [-0.05, 0) is 39.0 Å². The number of hydrogen-bond donors (Lipinski definition) is 1. The molecule has 1 N–H and O–H groups in total. The van der Waals surface area contributed by atoms with E-state index >= 15 is 0 Å². The number of rotatable bonds is 6. The first kappa shape index (κ1) is 13.3. The lowest BCUT2D eigenvalue weighted by Gasteiger charge is -2.26. The Morgan fingerprint density at radius 1 is 1.33 bits per heavy atom. The summed E-state index contributed by atoms with van der Waals surface area (Å²) in [4.78, 5) is 6.76. The highest BCUT2D eigenvalue weighted by molar-refractivity contribution is 5.22. The standard InChI is InChI=1S/C14H23N3O/c1-15-12-13-11-14(5-6-16-13)18-10-9-17-7-3-2-4-8-17/h5-6,11,15H,2-4,7-10,12H2,1H3. The summed E-state index contributed by atoms with van der Waals surface area (Å²) in [6.07, 6.45) is 5.86. The fourth-order valence-electron chi connectivity index (χ4n) is 2.30. The molecule has 2 rings (SSSR count). The zero-order valence-corrected chi connectivity index (χ0v) is 11.2. The van der Waals surface area contributed by atoms with Gasteiger partial charge in [0.2, 0.25) is 0 Å². The van der Waals surface area contributed by atoms with Gasteiger partial charge < -0.3 is 10.1 Å². The van der Waals surface area contributed by atoms with Crippen molar-refractivity contribution in [2.75, 3.05) is 33.3 Å². The molecule has 0 amide bonds. The van der Waals surface area contributed by atoms with Gasteiger partial charge in [-0.25, -0.2) is 0 Å². The molecule has 18 heavy (non-hydrogen) atoms. The molecule has 1 aromatic heterocycles. The number of nitrogens with one attached hydrogen (secondary N) is 1. The molecule has 100 valence electrons. The lowest BCUT2D eigenvalue weighted by Crippen LogP contribution is -2.33. The fraction of sp³-hybridized carbons (Fsp3) is 0.643. The van der Waals surface area contributed by atoms with E-state index in [2.05, 4.69) is 15.2 Å². The molecular formula is C14H23N3O. The van der Waals surface area contributed by atoms with Crippen LogP contribution >= 0.6 is 0 Å². The number of ether oxygens (including phenoxy) is 1. The zero-order valence-electron chi connectivity index (χ0n) is 11.2. The van der Waals surface area contributed by atoms with Gasteiger partial charge in [0.05, 0.1) is 5.69 Å². The van der Waals surface area contributed by atoms with Crippen LogP contribution < -0.4 is 10.1 Å². The van der Waals surface area contributed by atoms with Crippen LogP contribution in [0, 0.1) is 0 Å². The van der Waals surface area contributed by atoms with Gasteiger partial charge in [-0.3, -0.25) is 9.88 Å². The maximum Gasteiger partial charge on any atom is 0.122 e. The Labute approximate surface area is 109 Å². The van der Waals surface area contributed by atoms with E-state index in [1.807, 2.05) is 25.4 Å². The smallest absolute Gasteiger partial charge is 0.122 e. The molecule has 1 aromatic rings. The molecule has 0 spiro atoms. The van der Waals surface area contributed by atoms with Gasteiger partial charge in [-0.2, -0.15) is 0 Å². The Morgan fingerprint density at radius 2 is 2.17 bits per heavy atom. The van der Waals surface area contributed by atoms with Gasteiger partial charge in [0.1, 0.15) is 12.4 Å². The minimum Gasteiger partial charge on any atom is -0.492 e. The summed E-state index contributed by atoms with van der Waals surface area (Å²) < 4.78 is 5.79. The minimum atomic E-state index is 0.767. The van der Waals surface area contributed by atoms with Crippen LogP contribution in [0.15, 0.2) is 18.3 Å². The maximum atomic E-state index is 5.79. The van der Waals surface area contributed by atoms with Gasteiger partial charge in [-0.1, -0.05) is 6.42 Å². The van der Waals surface area contributed by atoms with Crippen LogP contribution in [0.2, 0.25) is 0 Å². The van der Waals surface area contributed by atoms with Crippen molar-refractivity contribution in [1.82, 2.24) is 15.2 Å². The number of pyridine rings is 1. The van der Waals surface area contributed by atoms with E-state index < -0.39 is 0 Å². The van der Waals surface area contributed by atoms with E-state index in [0.717, 1.165) is 31.1 Å². The van der Waals surface area contributed by atoms with E-state index in [0.29, 0.717) is 0 Å². The summed E-state index contributed by atoms with van der Waals surface area (Å²) in [5, 5.41) is 3.09. The van der Waals surface area contributed by atoms with Crippen molar-refractivity contribution >= 4 is 0 Å². The molecule has 1 saturated heterocycles. The molecule has 2 heterocycles. The van der Waals surface area contributed by atoms with Gasteiger partial charge in [0.15, 0.2) is 0 Å². The van der Waals surface area contributed by atoms with Crippen LogP contribution in [0.25, 0.3) is 0 Å². The normalized spacial score (nSPS) is 16.7. The lowest BCUT2D eigenvalue weighted by atomic mass is 10.1. The summed E-state index contributed by atoms with van der Waals surface area (Å²) in [6, 6.07) is 3.93. The van der Waals surface area contributed by atoms with Crippen molar-refractivity contribution in [2.24, 2.45) is 0 Å². The number of piperidine rings is 1. The van der Waals surface area contributed by atoms with Crippen molar-refractivity contribution in [1.29, 1.82) is 0 Å². The average Bonchev–Trinajstić information content (AvgIpc) is 2.41. The first-order chi connectivity index (χ1) is 8.88. The van der Waals surface area contributed by atoms with Crippen LogP contribution in [0.1, 0.15) is 25.0 Å². The third-order valence-corrected chi connectivity index (χ3v) is 3.27. The first-order valence-corrected chi connectivity index (χ1v) is 6.83. The Hall–Kier alpha value is -1.13. The number of hydrogen-bond acceptors (Lipinski definition) is 4. The highest BCUT2D eigenvalue weighted by Gasteiger charge is 2.09. The summed E-state index contributed by atoms with van der Waals surface area (Å²) in [5.74, 6) is 0.923. The van der Waals surface area contributed by atoms with E-state index in [-0.39, 0.29) is 0 Å². The van der Waals surface area contributed by atoms with Crippen molar-refractivity contribution in [3.63, 3.8) is 0 Å². The fourth-order valence-corrected chi connectivity index (χ4v) is 2.30. The number of nitrogens with zero attached hydrogens (tertiary/aromatic N) is 2. The molecule has 0 saturated carbocycles. The van der Waals surface area contributed by atoms with Gasteiger partial charge in [-0.15, -0.1) is 0 Å². The van der Waals surface area contributed by atoms with Gasteiger partial charge in [0.25, 0.3) is 0 Å². The van der Waals surface area contributed by atoms with Crippen LogP contribution in [-0.2, 0) is 6.54 Å². The highest BCUT2D eigenvalue weighted by Crippen LogP contribution is 2.12. The summed E-state index contributed by atoms with van der Waals surface area (Å²) in [7, 11) is 1.92. The maximum absolute atomic E-state index is 5.79. The predicted molar refractivity (Wildman–Crippen MR) is 72.8 cm³/mol. The second-order valence-electron chi connectivity index (χ2n) is 4.76. The monoisotopic (exact) mass is 249 g/mol. The van der Waals surface area contributed by atoms with Crippen molar-refractivity contribution in [2.45, 2.75) is 25.8 Å². The molecule has 1 aliphatic heterocycles. The second kappa shape index (κ2) is 7.34. The lowest BCUT2D eigenvalue weighted by molar-refractivity contribution is 0.183. The van der Waals surface area contributed by atoms with Crippen LogP contribution in [-0.4, -0.2) is 43.2 Å². The quantitative estimate of drug-likeness (QED) is 0.832. The second-order valence-corrected chi connectivity index (χ2v) is 4.76. The molecule has 0 aliphatic carbocycles. The zero-order chi connectivity index (χ0) is 12.6. The van der Waals surface area contributed by atoms with Crippen molar-refractivity contribution < 1.29 is 4.74 Å². The minimum absolute atomic E-state index is 0.767. The third kappa shape index (κ3) is 4.27. The number of aromatic nitrogens is 1. The molecule has 0 atom stereocenters. The summed E-state index contributed by atoms with van der Waals surface area (Å²) in [5.41, 5.74) is 1.02. The number of likely N-dealkylation sites (tertiary alicyclic amines) is 1. The highest BCUT2D eigenvalue weighted by atomic mass is 16.5. The van der Waals surface area contributed by atoms with Crippen LogP contribution in [0.4, 0.5) is 0 Å². The molecule has 4 nitrogen and oxygen atoms in total. The molecule has 0 unspecified atom stereocenters. The van der Waals surface area contributed by atoms with Crippen LogP contribution in [0.5, 0.6) is 5.75 Å². The van der Waals surface area contributed by atoms with E-state index in [1.165, 1.54) is 32.4 Å². The SMILES string of the molecule is CNCc1cc(OCCN2CCCCC2)ccn1. The molecular weight excluding hydrogens is 226 g/mol. The molecule has 4 heteroatoms. The first-order valence-electron chi connectivity index (χ1n) is 6.83. The van der Waals surface area contributed by atoms with Gasteiger partial charge in [0, 0.05) is 25.4 Å². The van der Waals surface area contributed by atoms with E-state index in [9.17, 15) is 0 Å². The molecule has 1 aliphatic rings. The summed E-state index contributed by atoms with van der Waals surface area (Å²) >= 11 is 0. The van der Waals surface area contributed by atoms with Crippen molar-refractivity contribution in [3.05, 3.63) is 24.0 Å². The Balaban J connectivity index is 1.73.